The second-order valence-electron chi connectivity index (χ2n) is 9.53. The molecule has 2 amide bonds. The van der Waals surface area contributed by atoms with E-state index in [9.17, 15) is 28.3 Å². The van der Waals surface area contributed by atoms with Crippen LogP contribution in [-0.2, 0) is 17.8 Å². The molecule has 0 radical (unpaired) electrons. The summed E-state index contributed by atoms with van der Waals surface area (Å²) < 4.78 is 34.2. The maximum absolute atomic E-state index is 13.9. The first-order valence-corrected chi connectivity index (χ1v) is 12.0. The molecule has 0 spiro atoms. The number of halogens is 2. The number of nitrogens with zero attached hydrogens (tertiary/aromatic N) is 2. The monoisotopic (exact) mass is 487 g/mol. The van der Waals surface area contributed by atoms with E-state index in [2.05, 4.69) is 5.32 Å². The van der Waals surface area contributed by atoms with Crippen molar-refractivity contribution in [2.45, 2.75) is 63.9 Å². The topological polar surface area (TPSA) is 101 Å². The summed E-state index contributed by atoms with van der Waals surface area (Å²) >= 11 is 0. The number of amides is 2. The van der Waals surface area contributed by atoms with Crippen molar-refractivity contribution in [3.63, 3.8) is 0 Å². The first-order valence-electron chi connectivity index (χ1n) is 12.0. The smallest absolute Gasteiger partial charge is 0.276 e. The van der Waals surface area contributed by atoms with Gasteiger partial charge in [-0.2, -0.15) is 0 Å². The predicted octanol–water partition coefficient (Wildman–Crippen LogP) is 2.91. The Kier molecular flexibility index (Phi) is 6.31. The lowest BCUT2D eigenvalue weighted by atomic mass is 9.84. The highest BCUT2D eigenvalue weighted by Gasteiger charge is 2.45. The summed E-state index contributed by atoms with van der Waals surface area (Å²) in [5.41, 5.74) is -1.49. The first-order chi connectivity index (χ1) is 16.8. The molecule has 1 saturated carbocycles. The van der Waals surface area contributed by atoms with E-state index in [4.69, 9.17) is 4.74 Å². The Hall–Kier alpha value is -3.27. The lowest BCUT2D eigenvalue weighted by Gasteiger charge is -2.36. The van der Waals surface area contributed by atoms with Crippen molar-refractivity contribution in [2.75, 3.05) is 6.61 Å². The molecule has 2 aliphatic heterocycles. The zero-order chi connectivity index (χ0) is 24.7. The minimum Gasteiger partial charge on any atom is -0.503 e. The molecule has 8 nitrogen and oxygen atoms in total. The van der Waals surface area contributed by atoms with Crippen LogP contribution < -0.4 is 10.7 Å². The fourth-order valence-corrected chi connectivity index (χ4v) is 5.45. The molecule has 5 rings (SSSR count). The van der Waals surface area contributed by atoms with Gasteiger partial charge < -0.3 is 24.6 Å². The molecule has 2 unspecified atom stereocenters. The van der Waals surface area contributed by atoms with Gasteiger partial charge in [-0.25, -0.2) is 8.78 Å². The van der Waals surface area contributed by atoms with Gasteiger partial charge in [0.15, 0.2) is 17.7 Å². The fraction of sp³-hybridized carbons (Fsp3) is 0.480. The number of carbonyl (C=O) groups excluding carboxylic acids is 2. The maximum atomic E-state index is 13.9. The molecule has 3 heterocycles. The molecule has 1 aromatic heterocycles. The number of benzene rings is 1. The van der Waals surface area contributed by atoms with Gasteiger partial charge >= 0.3 is 0 Å². The second kappa shape index (κ2) is 9.41. The molecule has 2 N–H and O–H groups in total. The summed E-state index contributed by atoms with van der Waals surface area (Å²) in [6, 6.07) is 2.83. The van der Waals surface area contributed by atoms with E-state index in [1.165, 1.54) is 36.1 Å². The van der Waals surface area contributed by atoms with Crippen LogP contribution in [0.3, 0.4) is 0 Å². The third kappa shape index (κ3) is 4.42. The third-order valence-electron chi connectivity index (χ3n) is 7.26. The number of hydrogen-bond donors (Lipinski definition) is 2. The summed E-state index contributed by atoms with van der Waals surface area (Å²) in [7, 11) is 0. The quantitative estimate of drug-likeness (QED) is 0.676. The second-order valence-corrected chi connectivity index (χ2v) is 9.53. The Morgan fingerprint density at radius 3 is 2.69 bits per heavy atom. The third-order valence-corrected chi connectivity index (χ3v) is 7.26. The molecule has 1 aromatic carbocycles. The van der Waals surface area contributed by atoms with Gasteiger partial charge in [0.25, 0.3) is 11.8 Å². The van der Waals surface area contributed by atoms with Crippen LogP contribution in [-0.4, -0.2) is 45.3 Å². The molecular formula is C25H27F2N3O5. The highest BCUT2D eigenvalue weighted by Crippen LogP contribution is 2.35. The molecule has 186 valence electrons. The van der Waals surface area contributed by atoms with Gasteiger partial charge in [0, 0.05) is 24.4 Å². The lowest BCUT2D eigenvalue weighted by molar-refractivity contribution is 0.00487. The average molecular weight is 488 g/mol. The van der Waals surface area contributed by atoms with Crippen LogP contribution >= 0.6 is 0 Å². The number of aromatic hydroxyl groups is 1. The summed E-state index contributed by atoms with van der Waals surface area (Å²) in [5.74, 6) is -3.18. The van der Waals surface area contributed by atoms with E-state index >= 15 is 0 Å². The SMILES string of the molecule is O=C(NCc1ccc(F)cc1F)c1cn2c(c(O)c1=O)C(=O)N1C(CC3CCCCC3)COC1C2. The predicted molar refractivity (Wildman–Crippen MR) is 121 cm³/mol. The Morgan fingerprint density at radius 1 is 1.17 bits per heavy atom. The zero-order valence-corrected chi connectivity index (χ0v) is 19.1. The molecular weight excluding hydrogens is 460 g/mol. The van der Waals surface area contributed by atoms with Gasteiger partial charge in [-0.05, 0) is 18.4 Å². The van der Waals surface area contributed by atoms with Crippen LogP contribution in [0.25, 0.3) is 0 Å². The van der Waals surface area contributed by atoms with Gasteiger partial charge in [0.2, 0.25) is 5.43 Å². The molecule has 0 bridgehead atoms. The summed E-state index contributed by atoms with van der Waals surface area (Å²) in [6.07, 6.45) is 7.38. The molecule has 35 heavy (non-hydrogen) atoms. The molecule has 2 atom stereocenters. The van der Waals surface area contributed by atoms with E-state index in [1.807, 2.05) is 0 Å². The van der Waals surface area contributed by atoms with Crippen LogP contribution in [0, 0.1) is 17.6 Å². The number of carbonyl (C=O) groups is 2. The largest absolute Gasteiger partial charge is 0.503 e. The van der Waals surface area contributed by atoms with Crippen molar-refractivity contribution in [3.8, 4) is 5.75 Å². The molecule has 10 heteroatoms. The Bertz CT molecular complexity index is 1220. The number of pyridine rings is 1. The number of ether oxygens (including phenoxy) is 1. The number of aromatic nitrogens is 1. The van der Waals surface area contributed by atoms with Crippen LogP contribution in [0.2, 0.25) is 0 Å². The number of fused-ring (bicyclic) bond motifs is 2. The van der Waals surface area contributed by atoms with Crippen molar-refractivity contribution >= 4 is 11.8 Å². The molecule has 3 aliphatic rings. The fourth-order valence-electron chi connectivity index (χ4n) is 5.45. The molecule has 2 fully saturated rings. The first kappa shape index (κ1) is 23.5. The van der Waals surface area contributed by atoms with Gasteiger partial charge in [-0.1, -0.05) is 38.2 Å². The minimum absolute atomic E-state index is 0.0382. The molecule has 2 aromatic rings. The standard InChI is InChI=1S/C25H27F2N3O5/c26-16-7-6-15(19(27)9-16)10-28-24(33)18-11-29-12-20-30(25(34)21(29)23(32)22(18)31)17(13-35-20)8-14-4-2-1-3-5-14/h6-7,9,11,14,17,20,32H,1-5,8,10,12-13H2,(H,28,33). The van der Waals surface area contributed by atoms with Gasteiger partial charge in [0.1, 0.15) is 17.2 Å². The van der Waals surface area contributed by atoms with E-state index < -0.39 is 40.9 Å². The van der Waals surface area contributed by atoms with Crippen molar-refractivity contribution in [1.29, 1.82) is 0 Å². The van der Waals surface area contributed by atoms with Crippen LogP contribution in [0.15, 0.2) is 29.2 Å². The van der Waals surface area contributed by atoms with Gasteiger partial charge in [0.05, 0.1) is 19.2 Å². The average Bonchev–Trinajstić information content (AvgIpc) is 3.23. The number of hydrogen-bond acceptors (Lipinski definition) is 5. The normalized spacial score (nSPS) is 22.1. The summed E-state index contributed by atoms with van der Waals surface area (Å²) in [4.78, 5) is 40.4. The van der Waals surface area contributed by atoms with Crippen molar-refractivity contribution in [3.05, 3.63) is 63.1 Å². The Balaban J connectivity index is 1.36. The Labute approximate surface area is 200 Å². The van der Waals surface area contributed by atoms with Crippen LogP contribution in [0.5, 0.6) is 5.75 Å². The number of nitrogens with one attached hydrogen (secondary N) is 1. The lowest BCUT2D eigenvalue weighted by Crippen LogP contribution is -2.50. The molecule has 1 saturated heterocycles. The van der Waals surface area contributed by atoms with E-state index in [0.29, 0.717) is 18.6 Å². The van der Waals surface area contributed by atoms with E-state index in [1.54, 1.807) is 4.90 Å². The number of rotatable bonds is 5. The van der Waals surface area contributed by atoms with Gasteiger partial charge in [-0.3, -0.25) is 14.4 Å². The highest BCUT2D eigenvalue weighted by molar-refractivity contribution is 5.99. The zero-order valence-electron chi connectivity index (χ0n) is 19.1. The van der Waals surface area contributed by atoms with Crippen molar-refractivity contribution in [2.24, 2.45) is 5.92 Å². The Morgan fingerprint density at radius 2 is 1.94 bits per heavy atom. The maximum Gasteiger partial charge on any atom is 0.276 e. The highest BCUT2D eigenvalue weighted by atomic mass is 19.1. The van der Waals surface area contributed by atoms with Crippen LogP contribution in [0.4, 0.5) is 8.78 Å². The van der Waals surface area contributed by atoms with Crippen molar-refractivity contribution in [1.82, 2.24) is 14.8 Å². The summed E-state index contributed by atoms with van der Waals surface area (Å²) in [6.45, 7) is 0.278. The van der Waals surface area contributed by atoms with Crippen molar-refractivity contribution < 1.29 is 28.2 Å². The minimum atomic E-state index is -0.982. The van der Waals surface area contributed by atoms with E-state index in [-0.39, 0.29) is 36.0 Å². The summed E-state index contributed by atoms with van der Waals surface area (Å²) in [5, 5.41) is 13.0. The van der Waals surface area contributed by atoms with E-state index in [0.717, 1.165) is 25.3 Å². The van der Waals surface area contributed by atoms with Crippen LogP contribution in [0.1, 0.15) is 64.9 Å². The molecule has 1 aliphatic carbocycles. The van der Waals surface area contributed by atoms with Gasteiger partial charge in [-0.15, -0.1) is 0 Å².